The summed E-state index contributed by atoms with van der Waals surface area (Å²) < 4.78 is 5.40. The van der Waals surface area contributed by atoms with Crippen LogP contribution in [0, 0.1) is 6.92 Å². The second-order valence-electron chi connectivity index (χ2n) is 3.88. The van der Waals surface area contributed by atoms with E-state index < -0.39 is 0 Å². The van der Waals surface area contributed by atoms with Crippen LogP contribution in [0.2, 0.25) is 0 Å². The Labute approximate surface area is 90.0 Å². The van der Waals surface area contributed by atoms with E-state index in [4.69, 9.17) is 10.5 Å². The van der Waals surface area contributed by atoms with Crippen LogP contribution in [0.25, 0.3) is 0 Å². The Bertz CT molecular complexity index is 333. The van der Waals surface area contributed by atoms with E-state index in [0.717, 1.165) is 49.8 Å². The topological polar surface area (TPSA) is 51.4 Å². The Morgan fingerprint density at radius 1 is 1.40 bits per heavy atom. The molecular weight excluding hydrogens is 190 g/mol. The van der Waals surface area contributed by atoms with Gasteiger partial charge in [-0.25, -0.2) is 4.98 Å². The van der Waals surface area contributed by atoms with Gasteiger partial charge in [0.15, 0.2) is 5.82 Å². The van der Waals surface area contributed by atoms with E-state index in [1.165, 1.54) is 0 Å². The van der Waals surface area contributed by atoms with Gasteiger partial charge in [0.05, 0.1) is 12.3 Å². The van der Waals surface area contributed by atoms with Gasteiger partial charge in [-0.15, -0.1) is 0 Å². The molecule has 15 heavy (non-hydrogen) atoms. The number of ether oxygens (including phenoxy) is 1. The molecule has 4 nitrogen and oxygen atoms in total. The highest BCUT2D eigenvalue weighted by Gasteiger charge is 2.13. The molecule has 0 radical (unpaired) electrons. The van der Waals surface area contributed by atoms with Gasteiger partial charge in [0.1, 0.15) is 0 Å². The molecule has 1 aliphatic rings. The Hall–Kier alpha value is -1.29. The van der Waals surface area contributed by atoms with Crippen molar-refractivity contribution in [3.63, 3.8) is 0 Å². The zero-order chi connectivity index (χ0) is 10.7. The van der Waals surface area contributed by atoms with Crippen LogP contribution in [0.5, 0.6) is 0 Å². The van der Waals surface area contributed by atoms with Crippen LogP contribution in [0.15, 0.2) is 12.3 Å². The quantitative estimate of drug-likeness (QED) is 0.751. The smallest absolute Gasteiger partial charge is 0.151 e. The van der Waals surface area contributed by atoms with Crippen LogP contribution >= 0.6 is 0 Å². The summed E-state index contributed by atoms with van der Waals surface area (Å²) in [5.41, 5.74) is 7.82. The number of nitrogens with two attached hydrogens (primary N) is 1. The fourth-order valence-electron chi connectivity index (χ4n) is 1.81. The van der Waals surface area contributed by atoms with Crippen molar-refractivity contribution in [3.05, 3.63) is 17.8 Å². The predicted octanol–water partition coefficient (Wildman–Crippen LogP) is 1.20. The molecule has 1 aromatic heterocycles. The van der Waals surface area contributed by atoms with E-state index in [0.29, 0.717) is 0 Å². The number of hydrogen-bond donors (Lipinski definition) is 1. The second kappa shape index (κ2) is 4.49. The first-order chi connectivity index (χ1) is 7.27. The molecular formula is C11H17N3O. The summed E-state index contributed by atoms with van der Waals surface area (Å²) in [5.74, 6) is 0.895. The third-order valence-electron chi connectivity index (χ3n) is 2.55. The lowest BCUT2D eigenvalue weighted by Crippen LogP contribution is -2.27. The number of nitrogens with zero attached hydrogens (tertiary/aromatic N) is 2. The summed E-state index contributed by atoms with van der Waals surface area (Å²) >= 11 is 0. The minimum absolute atomic E-state index is 0.759. The fourth-order valence-corrected chi connectivity index (χ4v) is 1.81. The van der Waals surface area contributed by atoms with Gasteiger partial charge < -0.3 is 15.4 Å². The van der Waals surface area contributed by atoms with Crippen molar-refractivity contribution >= 4 is 11.5 Å². The van der Waals surface area contributed by atoms with Crippen LogP contribution in [-0.2, 0) is 4.74 Å². The molecule has 0 bridgehead atoms. The van der Waals surface area contributed by atoms with Crippen LogP contribution < -0.4 is 10.6 Å². The number of nitrogen functional groups attached to an aromatic ring is 1. The van der Waals surface area contributed by atoms with Gasteiger partial charge in [0, 0.05) is 25.9 Å². The SMILES string of the molecule is Cc1cnc(N2CCCOCC2)c(N)c1. The van der Waals surface area contributed by atoms with E-state index in [9.17, 15) is 0 Å². The molecule has 0 atom stereocenters. The maximum atomic E-state index is 5.96. The molecule has 1 aliphatic heterocycles. The first-order valence-electron chi connectivity index (χ1n) is 5.32. The fraction of sp³-hybridized carbons (Fsp3) is 0.545. The molecule has 1 saturated heterocycles. The molecule has 0 saturated carbocycles. The predicted molar refractivity (Wildman–Crippen MR) is 61.0 cm³/mol. The van der Waals surface area contributed by atoms with Crippen LogP contribution in [0.3, 0.4) is 0 Å². The average Bonchev–Trinajstić information content (AvgIpc) is 2.46. The normalized spacial score (nSPS) is 17.5. The van der Waals surface area contributed by atoms with Gasteiger partial charge in [0.25, 0.3) is 0 Å². The van der Waals surface area contributed by atoms with Crippen molar-refractivity contribution in [1.29, 1.82) is 0 Å². The Morgan fingerprint density at radius 2 is 2.27 bits per heavy atom. The molecule has 1 aromatic rings. The summed E-state index contributed by atoms with van der Waals surface area (Å²) in [6.07, 6.45) is 2.90. The van der Waals surface area contributed by atoms with Gasteiger partial charge in [-0.2, -0.15) is 0 Å². The average molecular weight is 207 g/mol. The first-order valence-corrected chi connectivity index (χ1v) is 5.32. The number of anilines is 2. The van der Waals surface area contributed by atoms with E-state index in [1.54, 1.807) is 0 Å². The molecule has 82 valence electrons. The minimum Gasteiger partial charge on any atom is -0.396 e. The van der Waals surface area contributed by atoms with Crippen LogP contribution in [-0.4, -0.2) is 31.3 Å². The minimum atomic E-state index is 0.759. The molecule has 2 rings (SSSR count). The number of aromatic nitrogens is 1. The maximum Gasteiger partial charge on any atom is 0.151 e. The third-order valence-corrected chi connectivity index (χ3v) is 2.55. The van der Waals surface area contributed by atoms with E-state index >= 15 is 0 Å². The molecule has 0 amide bonds. The summed E-state index contributed by atoms with van der Waals surface area (Å²) in [6, 6.07) is 1.97. The van der Waals surface area contributed by atoms with Crippen LogP contribution in [0.4, 0.5) is 11.5 Å². The van der Waals surface area contributed by atoms with Gasteiger partial charge >= 0.3 is 0 Å². The zero-order valence-corrected chi connectivity index (χ0v) is 9.07. The third kappa shape index (κ3) is 2.39. The van der Waals surface area contributed by atoms with Gasteiger partial charge in [-0.1, -0.05) is 0 Å². The summed E-state index contributed by atoms with van der Waals surface area (Å²) in [4.78, 5) is 6.58. The zero-order valence-electron chi connectivity index (χ0n) is 9.07. The molecule has 2 heterocycles. The largest absolute Gasteiger partial charge is 0.396 e. The standard InChI is InChI=1S/C11H17N3O/c1-9-7-10(12)11(13-8-9)14-3-2-5-15-6-4-14/h7-8H,2-6,12H2,1H3. The lowest BCUT2D eigenvalue weighted by molar-refractivity contribution is 0.152. The number of aryl methyl sites for hydroxylation is 1. The van der Waals surface area contributed by atoms with E-state index in [-0.39, 0.29) is 0 Å². The molecule has 0 aliphatic carbocycles. The second-order valence-corrected chi connectivity index (χ2v) is 3.88. The van der Waals surface area contributed by atoms with Crippen molar-refractivity contribution in [1.82, 2.24) is 4.98 Å². The monoisotopic (exact) mass is 207 g/mol. The number of hydrogen-bond acceptors (Lipinski definition) is 4. The Balaban J connectivity index is 2.19. The Morgan fingerprint density at radius 3 is 3.07 bits per heavy atom. The van der Waals surface area contributed by atoms with Crippen molar-refractivity contribution in [2.24, 2.45) is 0 Å². The molecule has 4 heteroatoms. The molecule has 0 spiro atoms. The molecule has 0 unspecified atom stereocenters. The summed E-state index contributed by atoms with van der Waals surface area (Å²) in [6.45, 7) is 5.44. The molecule has 1 fully saturated rings. The van der Waals surface area contributed by atoms with E-state index in [1.807, 2.05) is 19.2 Å². The summed E-state index contributed by atoms with van der Waals surface area (Å²) in [7, 11) is 0. The Kier molecular flexibility index (Phi) is 3.06. The highest BCUT2D eigenvalue weighted by atomic mass is 16.5. The van der Waals surface area contributed by atoms with Crippen molar-refractivity contribution in [2.45, 2.75) is 13.3 Å². The molecule has 2 N–H and O–H groups in total. The van der Waals surface area contributed by atoms with Crippen molar-refractivity contribution in [2.75, 3.05) is 36.9 Å². The summed E-state index contributed by atoms with van der Waals surface area (Å²) in [5, 5.41) is 0. The van der Waals surface area contributed by atoms with Crippen molar-refractivity contribution in [3.8, 4) is 0 Å². The number of rotatable bonds is 1. The first kappa shape index (κ1) is 10.2. The maximum absolute atomic E-state index is 5.96. The van der Waals surface area contributed by atoms with E-state index in [2.05, 4.69) is 9.88 Å². The van der Waals surface area contributed by atoms with Gasteiger partial charge in [-0.05, 0) is 25.0 Å². The van der Waals surface area contributed by atoms with Crippen molar-refractivity contribution < 1.29 is 4.74 Å². The van der Waals surface area contributed by atoms with Gasteiger partial charge in [-0.3, -0.25) is 0 Å². The lowest BCUT2D eigenvalue weighted by Gasteiger charge is -2.22. The highest BCUT2D eigenvalue weighted by Crippen LogP contribution is 2.21. The lowest BCUT2D eigenvalue weighted by atomic mass is 10.2. The van der Waals surface area contributed by atoms with Gasteiger partial charge in [0.2, 0.25) is 0 Å². The number of pyridine rings is 1. The highest BCUT2D eigenvalue weighted by molar-refractivity contribution is 5.63. The molecule has 0 aromatic carbocycles. The van der Waals surface area contributed by atoms with Crippen LogP contribution in [0.1, 0.15) is 12.0 Å².